The Kier molecular flexibility index (Phi) is 4.20. The number of nitro groups is 1. The van der Waals surface area contributed by atoms with Crippen LogP contribution in [0.3, 0.4) is 0 Å². The molecule has 0 spiro atoms. The number of amides is 1. The van der Waals surface area contributed by atoms with Gasteiger partial charge < -0.3 is 0 Å². The van der Waals surface area contributed by atoms with Gasteiger partial charge in [-0.1, -0.05) is 23.7 Å². The first-order chi connectivity index (χ1) is 11.9. The number of hydrogen-bond donors (Lipinski definition) is 1. The smallest absolute Gasteiger partial charge is 0.267 e. The molecule has 0 atom stereocenters. The van der Waals surface area contributed by atoms with E-state index < -0.39 is 22.1 Å². The molecule has 0 aliphatic rings. The maximum absolute atomic E-state index is 12.6. The fourth-order valence-corrected chi connectivity index (χ4v) is 2.56. The van der Waals surface area contributed by atoms with Gasteiger partial charge in [0.25, 0.3) is 17.2 Å². The minimum Gasteiger partial charge on any atom is -0.267 e. The summed E-state index contributed by atoms with van der Waals surface area (Å²) in [6, 6.07) is 10.3. The summed E-state index contributed by atoms with van der Waals surface area (Å²) in [4.78, 5) is 39.7. The Labute approximate surface area is 145 Å². The molecule has 3 rings (SSSR count). The number of nitrogens with zero attached hydrogens (tertiary/aromatic N) is 3. The summed E-state index contributed by atoms with van der Waals surface area (Å²) in [6.07, 6.45) is 0. The van der Waals surface area contributed by atoms with E-state index in [2.05, 4.69) is 10.4 Å². The van der Waals surface area contributed by atoms with Gasteiger partial charge in [-0.15, -0.1) is 0 Å². The van der Waals surface area contributed by atoms with Crippen LogP contribution < -0.4 is 11.0 Å². The summed E-state index contributed by atoms with van der Waals surface area (Å²) < 4.78 is 0.954. The van der Waals surface area contributed by atoms with Gasteiger partial charge >= 0.3 is 0 Å². The van der Waals surface area contributed by atoms with Crippen molar-refractivity contribution in [1.82, 2.24) is 9.66 Å². The lowest BCUT2D eigenvalue weighted by molar-refractivity contribution is -0.385. The molecule has 0 fully saturated rings. The van der Waals surface area contributed by atoms with Crippen molar-refractivity contribution in [2.75, 3.05) is 5.43 Å². The molecule has 2 aromatic carbocycles. The SMILES string of the molecule is Cc1nc2ccccc2c(=O)n1NC(=O)c1cc(Cl)ccc1[N+](=O)[O-]. The number of halogens is 1. The number of aromatic nitrogens is 2. The van der Waals surface area contributed by atoms with E-state index >= 15 is 0 Å². The van der Waals surface area contributed by atoms with E-state index in [1.165, 1.54) is 12.1 Å². The van der Waals surface area contributed by atoms with Crippen LogP contribution in [-0.2, 0) is 0 Å². The van der Waals surface area contributed by atoms with Crippen LogP contribution in [0.2, 0.25) is 5.02 Å². The van der Waals surface area contributed by atoms with Crippen LogP contribution in [0, 0.1) is 17.0 Å². The highest BCUT2D eigenvalue weighted by Crippen LogP contribution is 2.22. The largest absolute Gasteiger partial charge is 0.282 e. The summed E-state index contributed by atoms with van der Waals surface area (Å²) in [6.45, 7) is 1.54. The second kappa shape index (κ2) is 6.33. The average molecular weight is 359 g/mol. The quantitative estimate of drug-likeness (QED) is 0.572. The van der Waals surface area contributed by atoms with Crippen molar-refractivity contribution >= 4 is 34.1 Å². The second-order valence-electron chi connectivity index (χ2n) is 5.18. The summed E-state index contributed by atoms with van der Waals surface area (Å²) in [5, 5.41) is 11.6. The molecule has 8 nitrogen and oxygen atoms in total. The van der Waals surface area contributed by atoms with Crippen LogP contribution >= 0.6 is 11.6 Å². The van der Waals surface area contributed by atoms with Crippen molar-refractivity contribution < 1.29 is 9.72 Å². The average Bonchev–Trinajstić information content (AvgIpc) is 2.58. The summed E-state index contributed by atoms with van der Waals surface area (Å²) >= 11 is 5.83. The molecular weight excluding hydrogens is 348 g/mol. The van der Waals surface area contributed by atoms with Crippen molar-refractivity contribution in [3.63, 3.8) is 0 Å². The Morgan fingerprint density at radius 3 is 2.72 bits per heavy atom. The highest BCUT2D eigenvalue weighted by Gasteiger charge is 2.22. The monoisotopic (exact) mass is 358 g/mol. The van der Waals surface area contributed by atoms with Crippen molar-refractivity contribution in [2.45, 2.75) is 6.92 Å². The predicted molar refractivity (Wildman–Crippen MR) is 92.5 cm³/mol. The van der Waals surface area contributed by atoms with Gasteiger partial charge in [0.2, 0.25) is 0 Å². The fourth-order valence-electron chi connectivity index (χ4n) is 2.39. The lowest BCUT2D eigenvalue weighted by Gasteiger charge is -2.12. The zero-order valence-corrected chi connectivity index (χ0v) is 13.6. The van der Waals surface area contributed by atoms with Gasteiger partial charge in [0.1, 0.15) is 11.4 Å². The van der Waals surface area contributed by atoms with Crippen LogP contribution in [0.1, 0.15) is 16.2 Å². The van der Waals surface area contributed by atoms with E-state index in [1.807, 2.05) is 0 Å². The molecule has 1 N–H and O–H groups in total. The molecule has 9 heteroatoms. The zero-order chi connectivity index (χ0) is 18.1. The summed E-state index contributed by atoms with van der Waals surface area (Å²) in [7, 11) is 0. The van der Waals surface area contributed by atoms with E-state index in [0.717, 1.165) is 10.7 Å². The van der Waals surface area contributed by atoms with Gasteiger partial charge in [-0.3, -0.25) is 25.1 Å². The van der Waals surface area contributed by atoms with Gasteiger partial charge in [-0.05, 0) is 31.2 Å². The lowest BCUT2D eigenvalue weighted by atomic mass is 10.1. The van der Waals surface area contributed by atoms with Gasteiger partial charge in [-0.2, -0.15) is 0 Å². The molecule has 0 aliphatic heterocycles. The molecule has 0 saturated heterocycles. The van der Waals surface area contributed by atoms with E-state index in [9.17, 15) is 19.7 Å². The van der Waals surface area contributed by atoms with E-state index in [4.69, 9.17) is 11.6 Å². The normalized spacial score (nSPS) is 10.6. The molecule has 25 heavy (non-hydrogen) atoms. The molecule has 1 aromatic heterocycles. The molecule has 3 aromatic rings. The predicted octanol–water partition coefficient (Wildman–Crippen LogP) is 2.65. The molecule has 0 aliphatic carbocycles. The molecular formula is C16H11ClN4O4. The number of para-hydroxylation sites is 1. The van der Waals surface area contributed by atoms with Crippen molar-refractivity contribution in [3.8, 4) is 0 Å². The molecule has 1 heterocycles. The molecule has 0 bridgehead atoms. The topological polar surface area (TPSA) is 107 Å². The van der Waals surface area contributed by atoms with Crippen LogP contribution in [0.5, 0.6) is 0 Å². The number of carbonyl (C=O) groups is 1. The number of carbonyl (C=O) groups excluding carboxylic acids is 1. The Hall–Kier alpha value is -3.26. The molecule has 0 radical (unpaired) electrons. The van der Waals surface area contributed by atoms with E-state index in [1.54, 1.807) is 31.2 Å². The maximum Gasteiger partial charge on any atom is 0.282 e. The Bertz CT molecular complexity index is 1080. The minimum atomic E-state index is -0.837. The Morgan fingerprint density at radius 2 is 2.00 bits per heavy atom. The van der Waals surface area contributed by atoms with Crippen LogP contribution in [-0.4, -0.2) is 20.5 Å². The number of fused-ring (bicyclic) bond motifs is 1. The van der Waals surface area contributed by atoms with Crippen LogP contribution in [0.4, 0.5) is 5.69 Å². The number of aryl methyl sites for hydroxylation is 1. The summed E-state index contributed by atoms with van der Waals surface area (Å²) in [5.74, 6) is -0.599. The zero-order valence-electron chi connectivity index (χ0n) is 12.9. The molecule has 1 amide bonds. The van der Waals surface area contributed by atoms with Gasteiger partial charge in [0, 0.05) is 11.1 Å². The minimum absolute atomic E-state index is 0.163. The molecule has 0 unspecified atom stereocenters. The third kappa shape index (κ3) is 3.07. The van der Waals surface area contributed by atoms with Crippen LogP contribution in [0.15, 0.2) is 47.3 Å². The van der Waals surface area contributed by atoms with Crippen molar-refractivity contribution in [2.24, 2.45) is 0 Å². The third-order valence-electron chi connectivity index (χ3n) is 3.56. The molecule has 0 saturated carbocycles. The van der Waals surface area contributed by atoms with Gasteiger partial charge in [-0.25, -0.2) is 9.66 Å². The number of rotatable bonds is 3. The number of benzene rings is 2. The third-order valence-corrected chi connectivity index (χ3v) is 3.79. The maximum atomic E-state index is 12.6. The number of nitrogens with one attached hydrogen (secondary N) is 1. The van der Waals surface area contributed by atoms with E-state index in [-0.39, 0.29) is 16.4 Å². The van der Waals surface area contributed by atoms with Gasteiger partial charge in [0.15, 0.2) is 0 Å². The summed E-state index contributed by atoms with van der Waals surface area (Å²) in [5.41, 5.74) is 1.69. The van der Waals surface area contributed by atoms with Crippen LogP contribution in [0.25, 0.3) is 10.9 Å². The van der Waals surface area contributed by atoms with Crippen molar-refractivity contribution in [1.29, 1.82) is 0 Å². The Morgan fingerprint density at radius 1 is 1.28 bits per heavy atom. The van der Waals surface area contributed by atoms with Gasteiger partial charge in [0.05, 0.1) is 15.8 Å². The van der Waals surface area contributed by atoms with Crippen molar-refractivity contribution in [3.05, 3.63) is 79.3 Å². The Balaban J connectivity index is 2.08. The highest BCUT2D eigenvalue weighted by atomic mass is 35.5. The fraction of sp³-hybridized carbons (Fsp3) is 0.0625. The first-order valence-electron chi connectivity index (χ1n) is 7.12. The second-order valence-corrected chi connectivity index (χ2v) is 5.61. The highest BCUT2D eigenvalue weighted by molar-refractivity contribution is 6.31. The number of nitro benzene ring substituents is 1. The first kappa shape index (κ1) is 16.6. The number of hydrogen-bond acceptors (Lipinski definition) is 5. The first-order valence-corrected chi connectivity index (χ1v) is 7.50. The molecule has 126 valence electrons. The standard InChI is InChI=1S/C16H11ClN4O4/c1-9-18-13-5-3-2-4-11(13)16(23)20(9)19-15(22)12-8-10(17)6-7-14(12)21(24)25/h2-8H,1H3,(H,19,22). The van der Waals surface area contributed by atoms with E-state index in [0.29, 0.717) is 10.9 Å². The lowest BCUT2D eigenvalue weighted by Crippen LogP contribution is -2.35.